The minimum atomic E-state index is -0.952. The van der Waals surface area contributed by atoms with Crippen molar-refractivity contribution in [2.24, 2.45) is 0 Å². The van der Waals surface area contributed by atoms with Crippen LogP contribution in [0.15, 0.2) is 0 Å². The Kier molecular flexibility index (Phi) is 30.5. The molecule has 0 saturated heterocycles. The average Bonchev–Trinajstić information content (AvgIpc) is 2.93. The summed E-state index contributed by atoms with van der Waals surface area (Å²) in [6, 6.07) is 0. The normalized spacial score (nSPS) is 12.0. The van der Waals surface area contributed by atoms with Crippen molar-refractivity contribution >= 4 is 11.9 Å². The van der Waals surface area contributed by atoms with Gasteiger partial charge >= 0.3 is 11.9 Å². The lowest BCUT2D eigenvalue weighted by Gasteiger charge is -2.12. The number of esters is 2. The van der Waals surface area contributed by atoms with Crippen LogP contribution < -0.4 is 0 Å². The van der Waals surface area contributed by atoms with Crippen molar-refractivity contribution in [1.82, 2.24) is 0 Å². The van der Waals surface area contributed by atoms with Gasteiger partial charge in [-0.05, 0) is 12.8 Å². The third-order valence-electron chi connectivity index (χ3n) is 7.59. The minimum absolute atomic E-state index is 0.109. The summed E-state index contributed by atoms with van der Waals surface area (Å²) in [5.41, 5.74) is 0. The van der Waals surface area contributed by atoms with Crippen molar-refractivity contribution < 1.29 is 24.2 Å². The van der Waals surface area contributed by atoms with E-state index in [0.29, 0.717) is 12.8 Å². The van der Waals surface area contributed by atoms with Crippen molar-refractivity contribution in [3.63, 3.8) is 0 Å². The molecule has 0 aromatic heterocycles. The van der Waals surface area contributed by atoms with E-state index in [1.807, 2.05) is 0 Å². The van der Waals surface area contributed by atoms with E-state index in [1.165, 1.54) is 128 Å². The predicted octanol–water partition coefficient (Wildman–Crippen LogP) is 10.0. The summed E-state index contributed by atoms with van der Waals surface area (Å²) in [6.45, 7) is 4.26. The number of hydrogen-bond donors (Lipinski definition) is 1. The molecule has 0 aromatic carbocycles. The maximum absolute atomic E-state index is 11.9. The zero-order valence-corrected chi connectivity index (χ0v) is 26.2. The maximum atomic E-state index is 11.9. The molecule has 0 amide bonds. The van der Waals surface area contributed by atoms with Gasteiger partial charge in [0.25, 0.3) is 0 Å². The van der Waals surface area contributed by atoms with E-state index in [0.717, 1.165) is 32.1 Å². The van der Waals surface area contributed by atoms with Gasteiger partial charge in [0, 0.05) is 12.8 Å². The molecule has 0 heterocycles. The van der Waals surface area contributed by atoms with Gasteiger partial charge in [0.05, 0.1) is 0 Å². The highest BCUT2D eigenvalue weighted by molar-refractivity contribution is 5.69. The number of aliphatic hydroxyl groups is 1. The molecular weight excluding hydrogens is 488 g/mol. The first-order valence-corrected chi connectivity index (χ1v) is 17.1. The van der Waals surface area contributed by atoms with Gasteiger partial charge in [-0.1, -0.05) is 162 Å². The van der Waals surface area contributed by atoms with Gasteiger partial charge in [0.2, 0.25) is 0 Å². The van der Waals surface area contributed by atoms with Gasteiger partial charge < -0.3 is 14.6 Å². The van der Waals surface area contributed by atoms with Gasteiger partial charge in [0.1, 0.15) is 19.3 Å². The summed E-state index contributed by atoms with van der Waals surface area (Å²) in [5, 5.41) is 9.91. The molecule has 0 saturated carbocycles. The van der Waals surface area contributed by atoms with Crippen LogP contribution in [0.25, 0.3) is 0 Å². The Labute approximate surface area is 242 Å². The molecule has 5 nitrogen and oxygen atoms in total. The summed E-state index contributed by atoms with van der Waals surface area (Å²) >= 11 is 0. The lowest BCUT2D eigenvalue weighted by Crippen LogP contribution is -2.25. The number of rotatable bonds is 31. The fourth-order valence-corrected chi connectivity index (χ4v) is 4.97. The van der Waals surface area contributed by atoms with E-state index < -0.39 is 6.10 Å². The standard InChI is InChI=1S/C34H66O5/c1-3-5-7-9-11-12-13-14-15-16-17-18-19-20-21-23-25-27-29-34(37)39-31-32(35)30-38-33(36)28-26-24-22-10-8-6-4-2/h32,35H,3-31H2,1-2H3/t32-/m0/s1. The maximum Gasteiger partial charge on any atom is 0.305 e. The van der Waals surface area contributed by atoms with E-state index >= 15 is 0 Å². The summed E-state index contributed by atoms with van der Waals surface area (Å²) in [5.74, 6) is -0.562. The first-order valence-electron chi connectivity index (χ1n) is 17.1. The largest absolute Gasteiger partial charge is 0.463 e. The summed E-state index contributed by atoms with van der Waals surface area (Å²) in [7, 11) is 0. The van der Waals surface area contributed by atoms with Crippen molar-refractivity contribution in [1.29, 1.82) is 0 Å². The molecule has 0 spiro atoms. The fraction of sp³-hybridized carbons (Fsp3) is 0.941. The van der Waals surface area contributed by atoms with Crippen LogP contribution in [0.2, 0.25) is 0 Å². The molecule has 0 fully saturated rings. The molecule has 0 unspecified atom stereocenters. The van der Waals surface area contributed by atoms with Gasteiger partial charge in [-0.2, -0.15) is 0 Å². The number of unbranched alkanes of at least 4 members (excludes halogenated alkanes) is 23. The molecule has 5 heteroatoms. The molecule has 0 rings (SSSR count). The van der Waals surface area contributed by atoms with Crippen LogP contribution in [-0.4, -0.2) is 36.4 Å². The topological polar surface area (TPSA) is 72.8 Å². The lowest BCUT2D eigenvalue weighted by molar-refractivity contribution is -0.152. The number of carbonyl (C=O) groups excluding carboxylic acids is 2. The molecular formula is C34H66O5. The third-order valence-corrected chi connectivity index (χ3v) is 7.59. The van der Waals surface area contributed by atoms with Gasteiger partial charge in [-0.25, -0.2) is 0 Å². The van der Waals surface area contributed by atoms with E-state index in [-0.39, 0.29) is 25.2 Å². The van der Waals surface area contributed by atoms with Crippen LogP contribution in [0, 0.1) is 0 Å². The molecule has 232 valence electrons. The van der Waals surface area contributed by atoms with E-state index in [4.69, 9.17) is 9.47 Å². The number of carbonyl (C=O) groups is 2. The Morgan fingerprint density at radius 1 is 0.436 bits per heavy atom. The number of aliphatic hydroxyl groups excluding tert-OH is 1. The molecule has 0 radical (unpaired) electrons. The molecule has 0 aromatic rings. The quantitative estimate of drug-likeness (QED) is 0.0681. The van der Waals surface area contributed by atoms with Crippen LogP contribution in [-0.2, 0) is 19.1 Å². The van der Waals surface area contributed by atoms with Crippen LogP contribution in [0.1, 0.15) is 187 Å². The molecule has 0 aliphatic rings. The SMILES string of the molecule is CCCCCCCCCCCCCCCCCCCCC(=O)OC[C@@H](O)COC(=O)CCCCCCCCC. The highest BCUT2D eigenvalue weighted by atomic mass is 16.6. The second-order valence-electron chi connectivity index (χ2n) is 11.7. The van der Waals surface area contributed by atoms with Crippen molar-refractivity contribution in [3.8, 4) is 0 Å². The molecule has 0 bridgehead atoms. The van der Waals surface area contributed by atoms with E-state index in [2.05, 4.69) is 13.8 Å². The first-order chi connectivity index (χ1) is 19.1. The van der Waals surface area contributed by atoms with Gasteiger partial charge in [-0.15, -0.1) is 0 Å². The first kappa shape index (κ1) is 37.9. The predicted molar refractivity (Wildman–Crippen MR) is 164 cm³/mol. The summed E-state index contributed by atoms with van der Waals surface area (Å²) in [6.07, 6.45) is 31.7. The van der Waals surface area contributed by atoms with Gasteiger partial charge in [0.15, 0.2) is 0 Å². The van der Waals surface area contributed by atoms with Crippen LogP contribution >= 0.6 is 0 Å². The van der Waals surface area contributed by atoms with Crippen LogP contribution in [0.3, 0.4) is 0 Å². The molecule has 0 aliphatic heterocycles. The zero-order valence-electron chi connectivity index (χ0n) is 26.2. The van der Waals surface area contributed by atoms with Crippen molar-refractivity contribution in [3.05, 3.63) is 0 Å². The lowest BCUT2D eigenvalue weighted by atomic mass is 10.0. The molecule has 0 aliphatic carbocycles. The molecule has 39 heavy (non-hydrogen) atoms. The summed E-state index contributed by atoms with van der Waals surface area (Å²) < 4.78 is 10.2. The number of ether oxygens (including phenoxy) is 2. The zero-order chi connectivity index (χ0) is 28.7. The van der Waals surface area contributed by atoms with E-state index in [1.54, 1.807) is 0 Å². The molecule has 1 atom stereocenters. The Morgan fingerprint density at radius 2 is 0.667 bits per heavy atom. The Hall–Kier alpha value is -1.10. The van der Waals surface area contributed by atoms with E-state index in [9.17, 15) is 14.7 Å². The third kappa shape index (κ3) is 31.3. The monoisotopic (exact) mass is 554 g/mol. The minimum Gasteiger partial charge on any atom is -0.463 e. The molecule has 1 N–H and O–H groups in total. The Bertz CT molecular complexity index is 522. The van der Waals surface area contributed by atoms with Crippen molar-refractivity contribution in [2.45, 2.75) is 193 Å². The summed E-state index contributed by atoms with van der Waals surface area (Å²) in [4.78, 5) is 23.7. The Morgan fingerprint density at radius 3 is 0.923 bits per heavy atom. The average molecular weight is 555 g/mol. The van der Waals surface area contributed by atoms with Crippen molar-refractivity contribution in [2.75, 3.05) is 13.2 Å². The number of hydrogen-bond acceptors (Lipinski definition) is 5. The Balaban J connectivity index is 3.35. The highest BCUT2D eigenvalue weighted by Crippen LogP contribution is 2.15. The van der Waals surface area contributed by atoms with Gasteiger partial charge in [-0.3, -0.25) is 9.59 Å². The van der Waals surface area contributed by atoms with Crippen LogP contribution in [0.4, 0.5) is 0 Å². The smallest absolute Gasteiger partial charge is 0.305 e. The second kappa shape index (κ2) is 31.4. The second-order valence-corrected chi connectivity index (χ2v) is 11.7. The fourth-order valence-electron chi connectivity index (χ4n) is 4.97. The highest BCUT2D eigenvalue weighted by Gasteiger charge is 2.12. The van der Waals surface area contributed by atoms with Crippen LogP contribution in [0.5, 0.6) is 0 Å².